The number of ether oxygens (including phenoxy) is 1. The molecule has 0 aliphatic heterocycles. The molecule has 18 heavy (non-hydrogen) atoms. The third-order valence-electron chi connectivity index (χ3n) is 3.12. The van der Waals surface area contributed by atoms with E-state index in [-0.39, 0.29) is 5.75 Å². The molecule has 2 nitrogen and oxygen atoms in total. The Balaban J connectivity index is 2.45. The van der Waals surface area contributed by atoms with Crippen LogP contribution in [0, 0.1) is 5.82 Å². The number of halogens is 1. The van der Waals surface area contributed by atoms with E-state index in [1.165, 1.54) is 13.2 Å². The van der Waals surface area contributed by atoms with Gasteiger partial charge in [0.05, 0.1) is 12.6 Å². The van der Waals surface area contributed by atoms with Crippen molar-refractivity contribution < 1.29 is 9.13 Å². The van der Waals surface area contributed by atoms with Gasteiger partial charge in [-0.15, -0.1) is 0 Å². The van der Waals surface area contributed by atoms with Crippen LogP contribution in [0.5, 0.6) is 5.75 Å². The number of benzene rings is 2. The van der Waals surface area contributed by atoms with Gasteiger partial charge >= 0.3 is 0 Å². The van der Waals surface area contributed by atoms with Gasteiger partial charge < -0.3 is 10.5 Å². The van der Waals surface area contributed by atoms with Crippen molar-refractivity contribution in [3.05, 3.63) is 65.5 Å². The lowest BCUT2D eigenvalue weighted by Crippen LogP contribution is -2.34. The molecule has 0 radical (unpaired) electrons. The number of methoxy groups -OCH3 is 1. The zero-order valence-electron chi connectivity index (χ0n) is 10.5. The topological polar surface area (TPSA) is 35.2 Å². The molecule has 2 aromatic rings. The highest BCUT2D eigenvalue weighted by Gasteiger charge is 2.24. The predicted molar refractivity (Wildman–Crippen MR) is 70.0 cm³/mol. The summed E-state index contributed by atoms with van der Waals surface area (Å²) in [7, 11) is 1.44. The third kappa shape index (κ3) is 2.22. The van der Waals surface area contributed by atoms with Crippen LogP contribution < -0.4 is 10.5 Å². The molecule has 1 unspecified atom stereocenters. The zero-order chi connectivity index (χ0) is 13.2. The standard InChI is InChI=1S/C15H16FNO/c1-15(17,11-6-4-3-5-7-11)12-8-9-14(18-2)13(16)10-12/h3-10H,17H2,1-2H3. The molecule has 0 aliphatic rings. The lowest BCUT2D eigenvalue weighted by atomic mass is 9.85. The van der Waals surface area contributed by atoms with Gasteiger partial charge in [0.1, 0.15) is 0 Å². The van der Waals surface area contributed by atoms with E-state index in [1.54, 1.807) is 12.1 Å². The largest absolute Gasteiger partial charge is 0.494 e. The Morgan fingerprint density at radius 2 is 1.72 bits per heavy atom. The molecule has 0 saturated heterocycles. The minimum absolute atomic E-state index is 0.225. The van der Waals surface area contributed by atoms with Crippen LogP contribution in [0.15, 0.2) is 48.5 Å². The maximum atomic E-state index is 13.7. The Kier molecular flexibility index (Phi) is 3.34. The lowest BCUT2D eigenvalue weighted by molar-refractivity contribution is 0.385. The summed E-state index contributed by atoms with van der Waals surface area (Å²) in [5, 5.41) is 0. The average molecular weight is 245 g/mol. The number of hydrogen-bond donors (Lipinski definition) is 1. The third-order valence-corrected chi connectivity index (χ3v) is 3.12. The Morgan fingerprint density at radius 1 is 1.06 bits per heavy atom. The number of hydrogen-bond acceptors (Lipinski definition) is 2. The van der Waals surface area contributed by atoms with E-state index in [4.69, 9.17) is 10.5 Å². The van der Waals surface area contributed by atoms with E-state index >= 15 is 0 Å². The van der Waals surface area contributed by atoms with E-state index in [2.05, 4.69) is 0 Å². The molecule has 0 aromatic heterocycles. The first-order valence-electron chi connectivity index (χ1n) is 5.74. The predicted octanol–water partition coefficient (Wildman–Crippen LogP) is 3.06. The van der Waals surface area contributed by atoms with Crippen molar-refractivity contribution in [3.8, 4) is 5.75 Å². The van der Waals surface area contributed by atoms with Crippen LogP contribution >= 0.6 is 0 Å². The summed E-state index contributed by atoms with van der Waals surface area (Å²) in [5.74, 6) is -0.176. The van der Waals surface area contributed by atoms with Gasteiger partial charge in [0.2, 0.25) is 0 Å². The van der Waals surface area contributed by atoms with Gasteiger partial charge in [-0.3, -0.25) is 0 Å². The first-order chi connectivity index (χ1) is 8.55. The minimum Gasteiger partial charge on any atom is -0.494 e. The lowest BCUT2D eigenvalue weighted by Gasteiger charge is -2.26. The van der Waals surface area contributed by atoms with Crippen LogP contribution in [-0.2, 0) is 5.54 Å². The monoisotopic (exact) mass is 245 g/mol. The quantitative estimate of drug-likeness (QED) is 0.902. The van der Waals surface area contributed by atoms with Crippen LogP contribution in [0.3, 0.4) is 0 Å². The van der Waals surface area contributed by atoms with E-state index in [9.17, 15) is 4.39 Å². The maximum absolute atomic E-state index is 13.7. The molecule has 94 valence electrons. The molecule has 2 rings (SSSR count). The highest BCUT2D eigenvalue weighted by molar-refractivity contribution is 5.40. The molecule has 2 N–H and O–H groups in total. The number of rotatable bonds is 3. The second-order valence-electron chi connectivity index (χ2n) is 4.42. The highest BCUT2D eigenvalue weighted by Crippen LogP contribution is 2.29. The van der Waals surface area contributed by atoms with Gasteiger partial charge in [0, 0.05) is 0 Å². The maximum Gasteiger partial charge on any atom is 0.165 e. The molecule has 0 saturated carbocycles. The summed E-state index contributed by atoms with van der Waals surface area (Å²) in [6.07, 6.45) is 0. The Bertz CT molecular complexity index is 537. The molecule has 0 spiro atoms. The van der Waals surface area contributed by atoms with Crippen molar-refractivity contribution in [1.82, 2.24) is 0 Å². The molecule has 0 amide bonds. The Hall–Kier alpha value is -1.87. The van der Waals surface area contributed by atoms with E-state index in [0.717, 1.165) is 5.56 Å². The highest BCUT2D eigenvalue weighted by atomic mass is 19.1. The van der Waals surface area contributed by atoms with Gasteiger partial charge in [0.15, 0.2) is 11.6 Å². The van der Waals surface area contributed by atoms with Crippen molar-refractivity contribution in [2.24, 2.45) is 5.73 Å². The molecule has 0 bridgehead atoms. The second-order valence-corrected chi connectivity index (χ2v) is 4.42. The molecule has 2 aromatic carbocycles. The molecule has 0 aliphatic carbocycles. The van der Waals surface area contributed by atoms with Gasteiger partial charge in [-0.2, -0.15) is 0 Å². The minimum atomic E-state index is -0.728. The fourth-order valence-electron chi connectivity index (χ4n) is 1.94. The van der Waals surface area contributed by atoms with E-state index < -0.39 is 11.4 Å². The summed E-state index contributed by atoms with van der Waals surface area (Å²) in [6.45, 7) is 1.86. The summed E-state index contributed by atoms with van der Waals surface area (Å²) in [5.41, 5.74) is 7.24. The van der Waals surface area contributed by atoms with E-state index in [0.29, 0.717) is 5.56 Å². The Morgan fingerprint density at radius 3 is 2.28 bits per heavy atom. The van der Waals surface area contributed by atoms with E-state index in [1.807, 2.05) is 37.3 Å². The van der Waals surface area contributed by atoms with Crippen LogP contribution in [0.25, 0.3) is 0 Å². The first-order valence-corrected chi connectivity index (χ1v) is 5.74. The second kappa shape index (κ2) is 4.78. The van der Waals surface area contributed by atoms with Crippen molar-refractivity contribution >= 4 is 0 Å². The van der Waals surface area contributed by atoms with Gasteiger partial charge in [-0.05, 0) is 30.2 Å². The van der Waals surface area contributed by atoms with Crippen molar-refractivity contribution in [2.45, 2.75) is 12.5 Å². The Labute approximate surface area is 106 Å². The SMILES string of the molecule is COc1ccc(C(C)(N)c2ccccc2)cc1F. The molecule has 0 fully saturated rings. The van der Waals surface area contributed by atoms with Gasteiger partial charge in [-0.1, -0.05) is 36.4 Å². The van der Waals surface area contributed by atoms with Crippen molar-refractivity contribution in [2.75, 3.05) is 7.11 Å². The van der Waals surface area contributed by atoms with Crippen molar-refractivity contribution in [1.29, 1.82) is 0 Å². The van der Waals surface area contributed by atoms with Crippen LogP contribution in [-0.4, -0.2) is 7.11 Å². The fourth-order valence-corrected chi connectivity index (χ4v) is 1.94. The molecule has 3 heteroatoms. The van der Waals surface area contributed by atoms with Crippen LogP contribution in [0.4, 0.5) is 4.39 Å². The van der Waals surface area contributed by atoms with Crippen LogP contribution in [0.1, 0.15) is 18.1 Å². The molecule has 0 heterocycles. The van der Waals surface area contributed by atoms with Gasteiger partial charge in [-0.25, -0.2) is 4.39 Å². The summed E-state index contributed by atoms with van der Waals surface area (Å²) < 4.78 is 18.6. The zero-order valence-corrected chi connectivity index (χ0v) is 10.5. The average Bonchev–Trinajstić information content (AvgIpc) is 2.39. The normalized spacial score (nSPS) is 14.0. The molecular formula is C15H16FNO. The first kappa shape index (κ1) is 12.6. The smallest absolute Gasteiger partial charge is 0.165 e. The molecule has 1 atom stereocenters. The summed E-state index contributed by atoms with van der Waals surface area (Å²) in [6, 6.07) is 14.4. The van der Waals surface area contributed by atoms with Crippen LogP contribution in [0.2, 0.25) is 0 Å². The fraction of sp³-hybridized carbons (Fsp3) is 0.200. The summed E-state index contributed by atoms with van der Waals surface area (Å²) >= 11 is 0. The van der Waals surface area contributed by atoms with Gasteiger partial charge in [0.25, 0.3) is 0 Å². The van der Waals surface area contributed by atoms with Crippen molar-refractivity contribution in [3.63, 3.8) is 0 Å². The number of nitrogens with two attached hydrogens (primary N) is 1. The summed E-state index contributed by atoms with van der Waals surface area (Å²) in [4.78, 5) is 0. The molecular weight excluding hydrogens is 229 g/mol.